The molecule has 0 aliphatic heterocycles. The molecule has 20 heavy (non-hydrogen) atoms. The van der Waals surface area contributed by atoms with Gasteiger partial charge < -0.3 is 5.73 Å². The first-order valence-electron chi connectivity index (χ1n) is 6.31. The molecule has 6 heteroatoms. The average molecular weight is 310 g/mol. The molecule has 2 rings (SSSR count). The first kappa shape index (κ1) is 15.2. The van der Waals surface area contributed by atoms with Crippen LogP contribution in [0.2, 0.25) is 0 Å². The zero-order chi connectivity index (χ0) is 14.6. The van der Waals surface area contributed by atoms with Crippen molar-refractivity contribution < 1.29 is 8.42 Å². The van der Waals surface area contributed by atoms with Crippen molar-refractivity contribution in [3.8, 4) is 0 Å². The highest BCUT2D eigenvalue weighted by Crippen LogP contribution is 2.19. The Kier molecular flexibility index (Phi) is 4.93. The third kappa shape index (κ3) is 4.14. The van der Waals surface area contributed by atoms with E-state index in [0.717, 1.165) is 16.0 Å². The highest BCUT2D eigenvalue weighted by atomic mass is 32.2. The SMILES string of the molecule is CC(NS(=O)(=O)Cc1ccc(CN)cc1)c1cccs1. The van der Waals surface area contributed by atoms with Crippen molar-refractivity contribution >= 4 is 21.4 Å². The number of hydrogen-bond donors (Lipinski definition) is 2. The molecule has 3 N–H and O–H groups in total. The van der Waals surface area contributed by atoms with Crippen LogP contribution in [0.3, 0.4) is 0 Å². The molecule has 0 aliphatic carbocycles. The third-order valence-corrected chi connectivity index (χ3v) is 5.42. The molecular formula is C14H18N2O2S2. The van der Waals surface area contributed by atoms with E-state index in [9.17, 15) is 8.42 Å². The van der Waals surface area contributed by atoms with Crippen LogP contribution in [-0.2, 0) is 22.3 Å². The predicted octanol–water partition coefficient (Wildman–Crippen LogP) is 2.39. The van der Waals surface area contributed by atoms with Gasteiger partial charge >= 0.3 is 0 Å². The number of thiophene rings is 1. The van der Waals surface area contributed by atoms with Crippen LogP contribution >= 0.6 is 11.3 Å². The largest absolute Gasteiger partial charge is 0.326 e. The molecule has 108 valence electrons. The number of rotatable bonds is 6. The first-order chi connectivity index (χ1) is 9.50. The number of sulfonamides is 1. The summed E-state index contributed by atoms with van der Waals surface area (Å²) < 4.78 is 27.0. The molecule has 0 aliphatic rings. The lowest BCUT2D eigenvalue weighted by Crippen LogP contribution is -2.27. The lowest BCUT2D eigenvalue weighted by atomic mass is 10.1. The van der Waals surface area contributed by atoms with Crippen LogP contribution in [0.4, 0.5) is 0 Å². The molecule has 0 spiro atoms. The Morgan fingerprint density at radius 1 is 1.20 bits per heavy atom. The molecule has 0 fully saturated rings. The van der Waals surface area contributed by atoms with Crippen LogP contribution in [-0.4, -0.2) is 8.42 Å². The maximum absolute atomic E-state index is 12.1. The van der Waals surface area contributed by atoms with Crippen LogP contribution < -0.4 is 10.5 Å². The van der Waals surface area contributed by atoms with E-state index < -0.39 is 10.0 Å². The summed E-state index contributed by atoms with van der Waals surface area (Å²) in [4.78, 5) is 1.01. The molecule has 0 bridgehead atoms. The summed E-state index contributed by atoms with van der Waals surface area (Å²) >= 11 is 1.54. The van der Waals surface area contributed by atoms with Gasteiger partial charge in [0.15, 0.2) is 0 Å². The Labute approximate surface area is 123 Å². The fraction of sp³-hybridized carbons (Fsp3) is 0.286. The normalized spacial score (nSPS) is 13.3. The fourth-order valence-electron chi connectivity index (χ4n) is 1.90. The second-order valence-electron chi connectivity index (χ2n) is 4.63. The van der Waals surface area contributed by atoms with E-state index in [2.05, 4.69) is 4.72 Å². The van der Waals surface area contributed by atoms with Crippen molar-refractivity contribution in [2.24, 2.45) is 5.73 Å². The van der Waals surface area contributed by atoms with E-state index in [1.165, 1.54) is 0 Å². The summed E-state index contributed by atoms with van der Waals surface area (Å²) in [6.07, 6.45) is 0. The Balaban J connectivity index is 2.03. The van der Waals surface area contributed by atoms with Crippen molar-refractivity contribution in [3.05, 3.63) is 57.8 Å². The van der Waals surface area contributed by atoms with E-state index in [1.54, 1.807) is 23.5 Å². The Morgan fingerprint density at radius 3 is 2.40 bits per heavy atom. The van der Waals surface area contributed by atoms with Crippen LogP contribution in [0.5, 0.6) is 0 Å². The number of benzene rings is 1. The molecule has 0 amide bonds. The molecule has 1 aromatic carbocycles. The molecule has 1 aromatic heterocycles. The van der Waals surface area contributed by atoms with E-state index in [0.29, 0.717) is 6.54 Å². The number of nitrogens with one attached hydrogen (secondary N) is 1. The van der Waals surface area contributed by atoms with Gasteiger partial charge in [-0.2, -0.15) is 0 Å². The Bertz CT molecular complexity index is 634. The summed E-state index contributed by atoms with van der Waals surface area (Å²) in [5.74, 6) is -0.0203. The van der Waals surface area contributed by atoms with Gasteiger partial charge in [0, 0.05) is 11.4 Å². The van der Waals surface area contributed by atoms with Gasteiger partial charge in [-0.05, 0) is 29.5 Å². The smallest absolute Gasteiger partial charge is 0.216 e. The third-order valence-electron chi connectivity index (χ3n) is 2.94. The van der Waals surface area contributed by atoms with E-state index in [1.807, 2.05) is 36.6 Å². The zero-order valence-electron chi connectivity index (χ0n) is 11.2. The summed E-state index contributed by atoms with van der Waals surface area (Å²) in [7, 11) is -3.35. The molecule has 4 nitrogen and oxygen atoms in total. The minimum Gasteiger partial charge on any atom is -0.326 e. The second-order valence-corrected chi connectivity index (χ2v) is 7.37. The van der Waals surface area contributed by atoms with Gasteiger partial charge in [0.25, 0.3) is 0 Å². The highest BCUT2D eigenvalue weighted by Gasteiger charge is 2.17. The first-order valence-corrected chi connectivity index (χ1v) is 8.84. The maximum Gasteiger partial charge on any atom is 0.216 e. The maximum atomic E-state index is 12.1. The van der Waals surface area contributed by atoms with Crippen LogP contribution in [0.15, 0.2) is 41.8 Å². The molecule has 0 saturated carbocycles. The van der Waals surface area contributed by atoms with E-state index in [-0.39, 0.29) is 11.8 Å². The van der Waals surface area contributed by atoms with Crippen LogP contribution in [0.1, 0.15) is 29.0 Å². The summed E-state index contributed by atoms with van der Waals surface area (Å²) in [6.45, 7) is 2.31. The van der Waals surface area contributed by atoms with Gasteiger partial charge in [-0.1, -0.05) is 30.3 Å². The number of nitrogens with two attached hydrogens (primary N) is 1. The van der Waals surface area contributed by atoms with Crippen LogP contribution in [0, 0.1) is 0 Å². The van der Waals surface area contributed by atoms with Gasteiger partial charge in [-0.3, -0.25) is 0 Å². The Morgan fingerprint density at radius 2 is 1.85 bits per heavy atom. The van der Waals surface area contributed by atoms with Gasteiger partial charge in [0.1, 0.15) is 0 Å². The van der Waals surface area contributed by atoms with Crippen molar-refractivity contribution in [2.75, 3.05) is 0 Å². The molecule has 1 atom stereocenters. The molecule has 0 saturated heterocycles. The van der Waals surface area contributed by atoms with Crippen molar-refractivity contribution in [2.45, 2.75) is 25.3 Å². The quantitative estimate of drug-likeness (QED) is 0.860. The minimum absolute atomic E-state index is 0.0203. The second kappa shape index (κ2) is 6.49. The van der Waals surface area contributed by atoms with E-state index >= 15 is 0 Å². The monoisotopic (exact) mass is 310 g/mol. The zero-order valence-corrected chi connectivity index (χ0v) is 12.9. The molecular weight excluding hydrogens is 292 g/mol. The lowest BCUT2D eigenvalue weighted by Gasteiger charge is -2.13. The van der Waals surface area contributed by atoms with Gasteiger partial charge in [-0.15, -0.1) is 11.3 Å². The molecule has 1 unspecified atom stereocenters. The van der Waals surface area contributed by atoms with Crippen LogP contribution in [0.25, 0.3) is 0 Å². The van der Waals surface area contributed by atoms with Gasteiger partial charge in [0.05, 0.1) is 11.8 Å². The van der Waals surface area contributed by atoms with Gasteiger partial charge in [-0.25, -0.2) is 13.1 Å². The van der Waals surface area contributed by atoms with Crippen molar-refractivity contribution in [1.29, 1.82) is 0 Å². The summed E-state index contributed by atoms with van der Waals surface area (Å²) in [6, 6.07) is 10.9. The van der Waals surface area contributed by atoms with E-state index in [4.69, 9.17) is 5.73 Å². The topological polar surface area (TPSA) is 72.2 Å². The Hall–Kier alpha value is -1.21. The average Bonchev–Trinajstić information content (AvgIpc) is 2.92. The van der Waals surface area contributed by atoms with Crippen molar-refractivity contribution in [3.63, 3.8) is 0 Å². The standard InChI is InChI=1S/C14H18N2O2S2/c1-11(14-3-2-8-19-14)16-20(17,18)10-13-6-4-12(9-15)5-7-13/h2-8,11,16H,9-10,15H2,1H3. The minimum atomic E-state index is -3.35. The summed E-state index contributed by atoms with van der Waals surface area (Å²) in [5, 5.41) is 1.94. The molecule has 1 heterocycles. The molecule has 0 radical (unpaired) electrons. The number of hydrogen-bond acceptors (Lipinski definition) is 4. The van der Waals surface area contributed by atoms with Crippen molar-refractivity contribution in [1.82, 2.24) is 4.72 Å². The predicted molar refractivity (Wildman–Crippen MR) is 82.8 cm³/mol. The van der Waals surface area contributed by atoms with Gasteiger partial charge in [0.2, 0.25) is 10.0 Å². The fourth-order valence-corrected chi connectivity index (χ4v) is 4.09. The summed E-state index contributed by atoms with van der Waals surface area (Å²) in [5.41, 5.74) is 7.27. The lowest BCUT2D eigenvalue weighted by molar-refractivity contribution is 0.567. The molecule has 2 aromatic rings. The highest BCUT2D eigenvalue weighted by molar-refractivity contribution is 7.88.